The molecule has 1 heterocycles. The fraction of sp³-hybridized carbons (Fsp3) is 0.375. The van der Waals surface area contributed by atoms with Gasteiger partial charge in [0.1, 0.15) is 0 Å². The third-order valence-corrected chi connectivity index (χ3v) is 7.90. The average Bonchev–Trinajstić information content (AvgIpc) is 3.15. The van der Waals surface area contributed by atoms with E-state index in [0.29, 0.717) is 22.0 Å². The predicted octanol–water partition coefficient (Wildman–Crippen LogP) is 5.42. The summed E-state index contributed by atoms with van der Waals surface area (Å²) in [7, 11) is 0.550. The summed E-state index contributed by atoms with van der Waals surface area (Å²) in [6.07, 6.45) is -2.96. The van der Waals surface area contributed by atoms with Crippen molar-refractivity contribution in [2.75, 3.05) is 21.1 Å². The Morgan fingerprint density at radius 1 is 1.00 bits per heavy atom. The van der Waals surface area contributed by atoms with Gasteiger partial charge in [-0.2, -0.15) is 30.2 Å². The van der Waals surface area contributed by atoms with Crippen molar-refractivity contribution in [3.05, 3.63) is 59.8 Å². The van der Waals surface area contributed by atoms with Crippen LogP contribution < -0.4 is 0 Å². The van der Waals surface area contributed by atoms with E-state index in [1.54, 1.807) is 45.2 Å². The van der Waals surface area contributed by atoms with E-state index in [0.717, 1.165) is 10.4 Å². The molecule has 34 heavy (non-hydrogen) atoms. The van der Waals surface area contributed by atoms with Gasteiger partial charge in [0.2, 0.25) is 5.91 Å². The molecule has 0 amide bonds. The Kier molecular flexibility index (Phi) is 6.99. The smallest absolute Gasteiger partial charge is 0.287 e. The molecule has 184 valence electrons. The quantitative estimate of drug-likeness (QED) is 0.459. The lowest BCUT2D eigenvalue weighted by Gasteiger charge is -2.27. The molecule has 0 aliphatic rings. The van der Waals surface area contributed by atoms with Gasteiger partial charge in [-0.3, -0.25) is 9.36 Å². The molecule has 1 aromatic heterocycles. The van der Waals surface area contributed by atoms with Crippen LogP contribution in [0.2, 0.25) is 0 Å². The third kappa shape index (κ3) is 4.62. The molecule has 6 nitrogen and oxygen atoms in total. The van der Waals surface area contributed by atoms with Crippen molar-refractivity contribution in [3.8, 4) is 11.1 Å². The standard InChI is InChI=1S/C24H28F3N3O3S/c1-15(2)23(31)30-14-20(16(3)29(6)34(32,33)28(4)5)19-12-11-17(13-22(19)30)18-9-7-8-10-21(18)24(25,26)27/h7-16H,1-6H3. The van der Waals surface area contributed by atoms with Crippen molar-refractivity contribution < 1.29 is 26.4 Å². The molecule has 0 spiro atoms. The second-order valence-electron chi connectivity index (χ2n) is 8.71. The Hall–Kier alpha value is -2.69. The molecule has 0 bridgehead atoms. The van der Waals surface area contributed by atoms with Gasteiger partial charge in [-0.15, -0.1) is 0 Å². The average molecular weight is 496 g/mol. The number of alkyl halides is 3. The summed E-state index contributed by atoms with van der Waals surface area (Å²) in [5.41, 5.74) is 0.541. The summed E-state index contributed by atoms with van der Waals surface area (Å²) in [6.45, 7) is 5.15. The summed E-state index contributed by atoms with van der Waals surface area (Å²) in [4.78, 5) is 13.0. The van der Waals surface area contributed by atoms with E-state index in [2.05, 4.69) is 0 Å². The highest BCUT2D eigenvalue weighted by Gasteiger charge is 2.34. The SMILES string of the molecule is CC(C)C(=O)n1cc(C(C)N(C)S(=O)(=O)N(C)C)c2ccc(-c3ccccc3C(F)(F)F)cc21. The minimum Gasteiger partial charge on any atom is -0.287 e. The summed E-state index contributed by atoms with van der Waals surface area (Å²) < 4.78 is 69.9. The minimum atomic E-state index is -4.54. The first-order chi connectivity index (χ1) is 15.7. The predicted molar refractivity (Wildman–Crippen MR) is 127 cm³/mol. The number of aromatic nitrogens is 1. The van der Waals surface area contributed by atoms with E-state index in [1.807, 2.05) is 0 Å². The number of carbonyl (C=O) groups excluding carboxylic acids is 1. The van der Waals surface area contributed by atoms with Gasteiger partial charge in [-0.1, -0.05) is 44.2 Å². The van der Waals surface area contributed by atoms with Gasteiger partial charge in [0, 0.05) is 44.7 Å². The maximum atomic E-state index is 13.6. The Morgan fingerprint density at radius 3 is 2.18 bits per heavy atom. The van der Waals surface area contributed by atoms with Crippen molar-refractivity contribution in [2.24, 2.45) is 5.92 Å². The zero-order valence-corrected chi connectivity index (χ0v) is 20.7. The van der Waals surface area contributed by atoms with Gasteiger partial charge in [-0.05, 0) is 35.7 Å². The third-order valence-electron chi connectivity index (χ3n) is 5.93. The molecule has 0 aliphatic heterocycles. The number of halogens is 3. The Labute approximate surface area is 197 Å². The fourth-order valence-corrected chi connectivity index (χ4v) is 4.88. The van der Waals surface area contributed by atoms with E-state index in [9.17, 15) is 26.4 Å². The first-order valence-corrected chi connectivity index (χ1v) is 12.1. The molecule has 0 radical (unpaired) electrons. The Balaban J connectivity index is 2.26. The van der Waals surface area contributed by atoms with Crippen LogP contribution in [0, 0.1) is 5.92 Å². The molecule has 0 saturated carbocycles. The van der Waals surface area contributed by atoms with Crippen LogP contribution in [0.3, 0.4) is 0 Å². The van der Waals surface area contributed by atoms with Gasteiger partial charge in [-0.25, -0.2) is 0 Å². The number of hydrogen-bond acceptors (Lipinski definition) is 3. The highest BCUT2D eigenvalue weighted by molar-refractivity contribution is 7.86. The van der Waals surface area contributed by atoms with Crippen molar-refractivity contribution in [3.63, 3.8) is 0 Å². The van der Waals surface area contributed by atoms with E-state index in [4.69, 9.17) is 0 Å². The van der Waals surface area contributed by atoms with Crippen molar-refractivity contribution in [1.82, 2.24) is 13.2 Å². The molecule has 0 saturated heterocycles. The molecule has 10 heteroatoms. The van der Waals surface area contributed by atoms with Crippen molar-refractivity contribution in [2.45, 2.75) is 33.0 Å². The largest absolute Gasteiger partial charge is 0.417 e. The van der Waals surface area contributed by atoms with Gasteiger partial charge in [0.15, 0.2) is 0 Å². The summed E-state index contributed by atoms with van der Waals surface area (Å²) in [5, 5.41) is 0.593. The monoisotopic (exact) mass is 495 g/mol. The number of rotatable bonds is 6. The topological polar surface area (TPSA) is 62.6 Å². The Bertz CT molecular complexity index is 1330. The fourth-order valence-electron chi connectivity index (χ4n) is 3.85. The van der Waals surface area contributed by atoms with Gasteiger partial charge in [0.05, 0.1) is 11.1 Å². The summed E-state index contributed by atoms with van der Waals surface area (Å²) >= 11 is 0. The van der Waals surface area contributed by atoms with Gasteiger partial charge >= 0.3 is 6.18 Å². The van der Waals surface area contributed by atoms with Crippen LogP contribution >= 0.6 is 0 Å². The van der Waals surface area contributed by atoms with Crippen LogP contribution in [0.5, 0.6) is 0 Å². The lowest BCUT2D eigenvalue weighted by atomic mass is 9.97. The molecule has 0 N–H and O–H groups in total. The zero-order chi connectivity index (χ0) is 25.6. The van der Waals surface area contributed by atoms with Crippen molar-refractivity contribution in [1.29, 1.82) is 0 Å². The molecule has 2 aromatic carbocycles. The number of benzene rings is 2. The Morgan fingerprint density at radius 2 is 1.62 bits per heavy atom. The lowest BCUT2D eigenvalue weighted by Crippen LogP contribution is -2.38. The van der Waals surface area contributed by atoms with E-state index >= 15 is 0 Å². The maximum absolute atomic E-state index is 13.6. The first-order valence-electron chi connectivity index (χ1n) is 10.7. The molecule has 0 fully saturated rings. The zero-order valence-electron chi connectivity index (χ0n) is 19.9. The van der Waals surface area contributed by atoms with E-state index in [1.165, 1.54) is 48.2 Å². The van der Waals surface area contributed by atoms with Crippen LogP contribution in [-0.2, 0) is 16.4 Å². The van der Waals surface area contributed by atoms with Crippen LogP contribution in [0.4, 0.5) is 13.2 Å². The molecular formula is C24H28F3N3O3S. The summed E-state index contributed by atoms with van der Waals surface area (Å²) in [5.74, 6) is -0.629. The second-order valence-corrected chi connectivity index (χ2v) is 10.9. The molecule has 0 aliphatic carbocycles. The van der Waals surface area contributed by atoms with Gasteiger partial charge < -0.3 is 0 Å². The van der Waals surface area contributed by atoms with Crippen molar-refractivity contribution >= 4 is 27.0 Å². The highest BCUT2D eigenvalue weighted by atomic mass is 32.2. The lowest BCUT2D eigenvalue weighted by molar-refractivity contribution is -0.137. The molecular weight excluding hydrogens is 467 g/mol. The number of hydrogen-bond donors (Lipinski definition) is 0. The van der Waals surface area contributed by atoms with Crippen LogP contribution in [-0.4, -0.2) is 48.6 Å². The second kappa shape index (κ2) is 9.16. The number of carbonyl (C=O) groups is 1. The maximum Gasteiger partial charge on any atom is 0.417 e. The number of fused-ring (bicyclic) bond motifs is 1. The molecule has 1 unspecified atom stereocenters. The summed E-state index contributed by atoms with van der Waals surface area (Å²) in [6, 6.07) is 9.39. The van der Waals surface area contributed by atoms with Crippen LogP contribution in [0.1, 0.15) is 42.7 Å². The van der Waals surface area contributed by atoms with Crippen LogP contribution in [0.15, 0.2) is 48.7 Å². The molecule has 3 rings (SSSR count). The van der Waals surface area contributed by atoms with Gasteiger partial charge in [0.25, 0.3) is 10.2 Å². The minimum absolute atomic E-state index is 0.00329. The first kappa shape index (κ1) is 25.9. The highest BCUT2D eigenvalue weighted by Crippen LogP contribution is 2.39. The normalized spacial score (nSPS) is 13.9. The van der Waals surface area contributed by atoms with Crippen LogP contribution in [0.25, 0.3) is 22.0 Å². The molecule has 3 aromatic rings. The molecule has 1 atom stereocenters. The van der Waals surface area contributed by atoms with E-state index < -0.39 is 28.0 Å². The van der Waals surface area contributed by atoms with E-state index in [-0.39, 0.29) is 17.4 Å². The number of nitrogens with zero attached hydrogens (tertiary/aromatic N) is 3.